The highest BCUT2D eigenvalue weighted by Gasteiger charge is 2.35. The molecule has 1 aliphatic rings. The number of halogens is 3. The maximum atomic E-state index is 14.4. The largest absolute Gasteiger partial charge is 0.496 e. The summed E-state index contributed by atoms with van der Waals surface area (Å²) >= 11 is 5.88. The van der Waals surface area contributed by atoms with Crippen LogP contribution in [0.3, 0.4) is 0 Å². The number of hydrogen-bond donors (Lipinski definition) is 3. The second-order valence-electron chi connectivity index (χ2n) is 11.7. The zero-order valence-corrected chi connectivity index (χ0v) is 28.0. The van der Waals surface area contributed by atoms with Crippen LogP contribution in [0, 0.1) is 11.6 Å². The molecule has 49 heavy (non-hydrogen) atoms. The van der Waals surface area contributed by atoms with Gasteiger partial charge in [0.15, 0.2) is 5.78 Å². The Kier molecular flexibility index (Phi) is 12.1. The second-order valence-corrected chi connectivity index (χ2v) is 12.1. The summed E-state index contributed by atoms with van der Waals surface area (Å²) in [7, 11) is 1.46. The Balaban J connectivity index is 0.000000254. The van der Waals surface area contributed by atoms with E-state index in [2.05, 4.69) is 0 Å². The van der Waals surface area contributed by atoms with Crippen molar-refractivity contribution in [3.05, 3.63) is 135 Å². The van der Waals surface area contributed by atoms with Crippen molar-refractivity contribution in [1.82, 2.24) is 4.90 Å². The van der Waals surface area contributed by atoms with Crippen molar-refractivity contribution in [3.8, 4) is 16.9 Å². The third kappa shape index (κ3) is 8.22. The first-order chi connectivity index (χ1) is 23.3. The van der Waals surface area contributed by atoms with Gasteiger partial charge in [-0.25, -0.2) is 13.6 Å². The maximum absolute atomic E-state index is 14.4. The van der Waals surface area contributed by atoms with E-state index in [9.17, 15) is 33.4 Å². The number of carboxylic acids is 2. The van der Waals surface area contributed by atoms with Crippen molar-refractivity contribution in [1.29, 1.82) is 0 Å². The second kappa shape index (κ2) is 16.0. The number of Topliss-reactive ketones (excluding diaryl/α,β-unsaturated/α-hetero) is 1. The number of hydrogen-bond acceptors (Lipinski definition) is 6. The minimum atomic E-state index is -1.35. The van der Waals surface area contributed by atoms with Gasteiger partial charge in [-0.15, -0.1) is 0 Å². The highest BCUT2D eigenvalue weighted by molar-refractivity contribution is 6.30. The molecule has 0 spiro atoms. The Bertz CT molecular complexity index is 1890. The van der Waals surface area contributed by atoms with Gasteiger partial charge < -0.3 is 20.1 Å². The highest BCUT2D eigenvalue weighted by Crippen LogP contribution is 2.39. The number of methoxy groups -OCH3 is 1. The topological polar surface area (TPSA) is 124 Å². The fourth-order valence-corrected chi connectivity index (χ4v) is 5.77. The van der Waals surface area contributed by atoms with E-state index in [4.69, 9.17) is 21.4 Å². The number of carbonyl (C=O) groups is 3. The quantitative estimate of drug-likeness (QED) is 0.114. The van der Waals surface area contributed by atoms with Gasteiger partial charge in [0.2, 0.25) is 0 Å². The van der Waals surface area contributed by atoms with Crippen molar-refractivity contribution in [3.63, 3.8) is 0 Å². The zero-order valence-electron chi connectivity index (χ0n) is 27.3. The molecule has 2 unspecified atom stereocenters. The molecule has 0 radical (unpaired) electrons. The van der Waals surface area contributed by atoms with Gasteiger partial charge in [-0.05, 0) is 78.9 Å². The molecule has 0 heterocycles. The number of ketones is 1. The van der Waals surface area contributed by atoms with Crippen LogP contribution in [0.25, 0.3) is 11.1 Å². The van der Waals surface area contributed by atoms with Crippen molar-refractivity contribution in [2.45, 2.75) is 45.2 Å². The molecule has 2 atom stereocenters. The molecule has 11 heteroatoms. The molecule has 5 rings (SSSR count). The standard InChI is InChI=1S/C23H23ClFNO5.C15H13FO2/c1-12(2)26(11-27)19-9-17(23(29)30)22(28)16-8-14(20(31-3)10-15(16)19)7-13-5-4-6-18(24)21(13)25;1-10(15(17)18)12-7-8-13(14(16)9-12)11-5-3-2-4-6-11/h4-6,8-10,12,19,27H,7,11H2,1-3H3,(H,29,30);2-10H,1H3,(H,17,18). The Hall–Kier alpha value is -4.90. The van der Waals surface area contributed by atoms with Crippen molar-refractivity contribution in [2.75, 3.05) is 13.8 Å². The first-order valence-electron chi connectivity index (χ1n) is 15.4. The number of carbonyl (C=O) groups excluding carboxylic acids is 1. The van der Waals surface area contributed by atoms with E-state index in [1.807, 2.05) is 44.2 Å². The summed E-state index contributed by atoms with van der Waals surface area (Å²) in [6.07, 6.45) is 1.44. The van der Waals surface area contributed by atoms with E-state index in [0.29, 0.717) is 33.6 Å². The number of rotatable bonds is 10. The van der Waals surface area contributed by atoms with Crippen LogP contribution in [0.2, 0.25) is 5.02 Å². The number of carboxylic acid groups (broad SMARTS) is 2. The smallest absolute Gasteiger partial charge is 0.339 e. The molecule has 4 aromatic carbocycles. The number of fused-ring (bicyclic) bond motifs is 1. The van der Waals surface area contributed by atoms with E-state index < -0.39 is 41.3 Å². The molecule has 0 aliphatic heterocycles. The van der Waals surface area contributed by atoms with E-state index >= 15 is 0 Å². The van der Waals surface area contributed by atoms with Gasteiger partial charge in [-0.3, -0.25) is 14.5 Å². The van der Waals surface area contributed by atoms with Crippen molar-refractivity contribution in [2.24, 2.45) is 0 Å². The van der Waals surface area contributed by atoms with Crippen LogP contribution in [0.1, 0.15) is 65.3 Å². The SMILES string of the molecule is CC(C(=O)O)c1ccc(-c2ccccc2)c(F)c1.COc1cc2c(cc1Cc1cccc(Cl)c1F)C(=O)C(C(=O)O)=CC2N(CO)C(C)C. The molecular formula is C38H36ClF2NO7. The first-order valence-corrected chi connectivity index (χ1v) is 15.7. The summed E-state index contributed by atoms with van der Waals surface area (Å²) in [6, 6.07) is 20.8. The fraction of sp³-hybridized carbons (Fsp3) is 0.237. The normalized spacial score (nSPS) is 14.4. The molecule has 0 saturated heterocycles. The highest BCUT2D eigenvalue weighted by atomic mass is 35.5. The minimum Gasteiger partial charge on any atom is -0.496 e. The predicted octanol–water partition coefficient (Wildman–Crippen LogP) is 7.67. The van der Waals surface area contributed by atoms with Crippen LogP contribution in [0.15, 0.2) is 90.5 Å². The average molecular weight is 692 g/mol. The summed E-state index contributed by atoms with van der Waals surface area (Å²) in [5.41, 5.74) is 2.90. The summed E-state index contributed by atoms with van der Waals surface area (Å²) < 4.78 is 33.9. The van der Waals surface area contributed by atoms with Crippen LogP contribution in [0.5, 0.6) is 5.75 Å². The van der Waals surface area contributed by atoms with Gasteiger partial charge in [-0.2, -0.15) is 0 Å². The van der Waals surface area contributed by atoms with E-state index in [1.54, 1.807) is 42.2 Å². The summed E-state index contributed by atoms with van der Waals surface area (Å²) in [6.45, 7) is 4.92. The number of aliphatic hydroxyl groups excluding tert-OH is 1. The minimum absolute atomic E-state index is 0.0165. The van der Waals surface area contributed by atoms with E-state index in [0.717, 1.165) is 5.56 Å². The lowest BCUT2D eigenvalue weighted by Crippen LogP contribution is -2.38. The van der Waals surface area contributed by atoms with Crippen LogP contribution in [-0.2, 0) is 16.0 Å². The Morgan fingerprint density at radius 3 is 2.18 bits per heavy atom. The van der Waals surface area contributed by atoms with Gasteiger partial charge in [0, 0.05) is 23.6 Å². The lowest BCUT2D eigenvalue weighted by atomic mass is 9.84. The third-order valence-electron chi connectivity index (χ3n) is 8.36. The number of aliphatic carboxylic acids is 2. The first kappa shape index (κ1) is 36.9. The van der Waals surface area contributed by atoms with Crippen molar-refractivity contribution >= 4 is 29.3 Å². The van der Waals surface area contributed by atoms with Crippen LogP contribution < -0.4 is 4.74 Å². The molecule has 0 bridgehead atoms. The predicted molar refractivity (Wildman–Crippen MR) is 182 cm³/mol. The van der Waals surface area contributed by atoms with Crippen LogP contribution in [-0.4, -0.2) is 57.8 Å². The van der Waals surface area contributed by atoms with Gasteiger partial charge in [-0.1, -0.05) is 66.2 Å². The summed E-state index contributed by atoms with van der Waals surface area (Å²) in [5, 5.41) is 28.3. The van der Waals surface area contributed by atoms with Gasteiger partial charge in [0.05, 0.1) is 30.8 Å². The molecule has 0 aromatic heterocycles. The maximum Gasteiger partial charge on any atom is 0.339 e. The molecule has 4 aromatic rings. The Morgan fingerprint density at radius 2 is 1.61 bits per heavy atom. The molecule has 8 nitrogen and oxygen atoms in total. The Labute approximate surface area is 287 Å². The molecular weight excluding hydrogens is 656 g/mol. The van der Waals surface area contributed by atoms with Gasteiger partial charge >= 0.3 is 11.9 Å². The number of benzene rings is 4. The molecule has 256 valence electrons. The van der Waals surface area contributed by atoms with E-state index in [-0.39, 0.29) is 35.4 Å². The lowest BCUT2D eigenvalue weighted by Gasteiger charge is -2.35. The summed E-state index contributed by atoms with van der Waals surface area (Å²) in [5.74, 6) is -4.19. The van der Waals surface area contributed by atoms with Gasteiger partial charge in [0.1, 0.15) is 23.0 Å². The van der Waals surface area contributed by atoms with Gasteiger partial charge in [0.25, 0.3) is 0 Å². The lowest BCUT2D eigenvalue weighted by molar-refractivity contribution is -0.138. The molecule has 1 aliphatic carbocycles. The molecule has 0 fully saturated rings. The van der Waals surface area contributed by atoms with Crippen LogP contribution >= 0.6 is 11.6 Å². The van der Waals surface area contributed by atoms with Crippen LogP contribution in [0.4, 0.5) is 8.78 Å². The Morgan fingerprint density at radius 1 is 0.918 bits per heavy atom. The summed E-state index contributed by atoms with van der Waals surface area (Å²) in [4.78, 5) is 37.2. The molecule has 0 saturated carbocycles. The fourth-order valence-electron chi connectivity index (χ4n) is 5.58. The zero-order chi connectivity index (χ0) is 36.0. The number of aliphatic hydroxyl groups is 1. The average Bonchev–Trinajstić information content (AvgIpc) is 3.07. The van der Waals surface area contributed by atoms with E-state index in [1.165, 1.54) is 31.4 Å². The molecule has 0 amide bonds. The number of nitrogens with zero attached hydrogens (tertiary/aromatic N) is 1. The molecule has 3 N–H and O–H groups in total. The number of ether oxygens (including phenoxy) is 1. The third-order valence-corrected chi connectivity index (χ3v) is 8.65. The van der Waals surface area contributed by atoms with Crippen molar-refractivity contribution < 1.29 is 43.2 Å². The monoisotopic (exact) mass is 691 g/mol.